The maximum Gasteiger partial charge on any atom is 0.308 e. The maximum absolute atomic E-state index is 11.8. The quantitative estimate of drug-likeness (QED) is 0.462. The molecule has 1 aliphatic carbocycles. The largest absolute Gasteiger partial charge is 0.469 e. The SMILES string of the molecule is CCCN(O)C(=O)C1CCC(C(=O)OC)CC1. The van der Waals surface area contributed by atoms with E-state index in [9.17, 15) is 14.8 Å². The third kappa shape index (κ3) is 3.70. The number of carbonyl (C=O) groups excluding carboxylic acids is 2. The molecule has 0 aromatic carbocycles. The second-order valence-corrected chi connectivity index (χ2v) is 4.53. The fourth-order valence-electron chi connectivity index (χ4n) is 2.28. The highest BCUT2D eigenvalue weighted by molar-refractivity contribution is 5.78. The molecule has 0 spiro atoms. The normalized spacial score (nSPS) is 24.2. The molecule has 1 aliphatic rings. The van der Waals surface area contributed by atoms with Gasteiger partial charge in [-0.1, -0.05) is 6.92 Å². The third-order valence-electron chi connectivity index (χ3n) is 3.30. The van der Waals surface area contributed by atoms with Gasteiger partial charge in [-0.3, -0.25) is 14.8 Å². The average Bonchev–Trinajstić information content (AvgIpc) is 2.37. The molecule has 1 rings (SSSR count). The Morgan fingerprint density at radius 3 is 2.24 bits per heavy atom. The first-order valence-electron chi connectivity index (χ1n) is 6.18. The molecule has 0 unspecified atom stereocenters. The number of hydrogen-bond donors (Lipinski definition) is 1. The van der Waals surface area contributed by atoms with Crippen molar-refractivity contribution < 1.29 is 19.5 Å². The minimum Gasteiger partial charge on any atom is -0.469 e. The molecule has 98 valence electrons. The van der Waals surface area contributed by atoms with Gasteiger partial charge in [0.05, 0.1) is 13.0 Å². The second-order valence-electron chi connectivity index (χ2n) is 4.53. The van der Waals surface area contributed by atoms with Crippen LogP contribution in [0.3, 0.4) is 0 Å². The van der Waals surface area contributed by atoms with E-state index >= 15 is 0 Å². The number of nitrogens with zero attached hydrogens (tertiary/aromatic N) is 1. The van der Waals surface area contributed by atoms with E-state index < -0.39 is 0 Å². The highest BCUT2D eigenvalue weighted by Crippen LogP contribution is 2.30. The molecular formula is C12H21NO4. The Balaban J connectivity index is 2.41. The molecule has 1 N–H and O–H groups in total. The van der Waals surface area contributed by atoms with Crippen molar-refractivity contribution in [2.45, 2.75) is 39.0 Å². The standard InChI is InChI=1S/C12H21NO4/c1-3-8-13(16)11(14)9-4-6-10(7-5-9)12(15)17-2/h9-10,16H,3-8H2,1-2H3. The van der Waals surface area contributed by atoms with Crippen molar-refractivity contribution in [3.05, 3.63) is 0 Å². The molecule has 0 aromatic heterocycles. The number of hydroxylamine groups is 2. The summed E-state index contributed by atoms with van der Waals surface area (Å²) in [5.41, 5.74) is 0. The summed E-state index contributed by atoms with van der Waals surface area (Å²) in [5, 5.41) is 10.3. The Morgan fingerprint density at radius 2 is 1.76 bits per heavy atom. The molecule has 0 atom stereocenters. The predicted octanol–water partition coefficient (Wildman–Crippen LogP) is 1.59. The van der Waals surface area contributed by atoms with Crippen molar-refractivity contribution in [2.75, 3.05) is 13.7 Å². The summed E-state index contributed by atoms with van der Waals surface area (Å²) in [6, 6.07) is 0. The van der Waals surface area contributed by atoms with E-state index in [0.717, 1.165) is 11.5 Å². The fourth-order valence-corrected chi connectivity index (χ4v) is 2.28. The van der Waals surface area contributed by atoms with E-state index in [0.29, 0.717) is 32.2 Å². The summed E-state index contributed by atoms with van der Waals surface area (Å²) in [6.07, 6.45) is 3.38. The molecule has 1 fully saturated rings. The van der Waals surface area contributed by atoms with Gasteiger partial charge in [0.2, 0.25) is 5.91 Å². The zero-order valence-corrected chi connectivity index (χ0v) is 10.5. The van der Waals surface area contributed by atoms with Crippen LogP contribution in [0.5, 0.6) is 0 Å². The number of carbonyl (C=O) groups is 2. The summed E-state index contributed by atoms with van der Waals surface area (Å²) < 4.78 is 4.69. The van der Waals surface area contributed by atoms with Crippen molar-refractivity contribution in [3.8, 4) is 0 Å². The Bertz CT molecular complexity index is 272. The molecule has 1 amide bonds. The van der Waals surface area contributed by atoms with Crippen LogP contribution in [0.4, 0.5) is 0 Å². The highest BCUT2D eigenvalue weighted by Gasteiger charge is 2.32. The predicted molar refractivity (Wildman–Crippen MR) is 61.3 cm³/mol. The van der Waals surface area contributed by atoms with E-state index in [2.05, 4.69) is 4.74 Å². The molecule has 0 heterocycles. The average molecular weight is 243 g/mol. The van der Waals surface area contributed by atoms with Crippen LogP contribution in [-0.2, 0) is 14.3 Å². The summed E-state index contributed by atoms with van der Waals surface area (Å²) in [5.74, 6) is -0.629. The van der Waals surface area contributed by atoms with Crippen molar-refractivity contribution in [3.63, 3.8) is 0 Å². The van der Waals surface area contributed by atoms with Gasteiger partial charge in [0.15, 0.2) is 0 Å². The monoisotopic (exact) mass is 243 g/mol. The van der Waals surface area contributed by atoms with Gasteiger partial charge >= 0.3 is 5.97 Å². The number of amides is 1. The number of rotatable bonds is 4. The summed E-state index contributed by atoms with van der Waals surface area (Å²) >= 11 is 0. The maximum atomic E-state index is 11.8. The lowest BCUT2D eigenvalue weighted by atomic mass is 9.81. The van der Waals surface area contributed by atoms with Crippen LogP contribution in [0.25, 0.3) is 0 Å². The van der Waals surface area contributed by atoms with E-state index in [4.69, 9.17) is 0 Å². The minimum atomic E-state index is -0.213. The van der Waals surface area contributed by atoms with Gasteiger partial charge < -0.3 is 4.74 Å². The van der Waals surface area contributed by atoms with E-state index in [-0.39, 0.29) is 23.7 Å². The van der Waals surface area contributed by atoms with Crippen molar-refractivity contribution >= 4 is 11.9 Å². The molecule has 1 saturated carbocycles. The van der Waals surface area contributed by atoms with E-state index in [1.54, 1.807) is 0 Å². The Hall–Kier alpha value is -1.10. The molecule has 0 bridgehead atoms. The lowest BCUT2D eigenvalue weighted by molar-refractivity contribution is -0.172. The number of ether oxygens (including phenoxy) is 1. The molecule has 5 nitrogen and oxygen atoms in total. The van der Waals surface area contributed by atoms with Gasteiger partial charge in [0.1, 0.15) is 0 Å². The molecular weight excluding hydrogens is 222 g/mol. The van der Waals surface area contributed by atoms with Gasteiger partial charge in [-0.05, 0) is 32.1 Å². The smallest absolute Gasteiger partial charge is 0.308 e. The van der Waals surface area contributed by atoms with Gasteiger partial charge in [0, 0.05) is 12.5 Å². The summed E-state index contributed by atoms with van der Waals surface area (Å²) in [6.45, 7) is 2.28. The number of hydrogen-bond acceptors (Lipinski definition) is 4. The Labute approximate surface area is 102 Å². The third-order valence-corrected chi connectivity index (χ3v) is 3.30. The summed E-state index contributed by atoms with van der Waals surface area (Å²) in [7, 11) is 1.39. The Kier molecular flexibility index (Phi) is 5.41. The number of esters is 1. The minimum absolute atomic E-state index is 0.0811. The summed E-state index contributed by atoms with van der Waals surface area (Å²) in [4.78, 5) is 23.1. The van der Waals surface area contributed by atoms with Gasteiger partial charge in [0.25, 0.3) is 0 Å². The first kappa shape index (κ1) is 14.0. The molecule has 0 aromatic rings. The van der Waals surface area contributed by atoms with Crippen molar-refractivity contribution in [2.24, 2.45) is 11.8 Å². The van der Waals surface area contributed by atoms with Crippen LogP contribution in [0.1, 0.15) is 39.0 Å². The first-order chi connectivity index (χ1) is 8.10. The molecule has 0 saturated heterocycles. The van der Waals surface area contributed by atoms with Crippen LogP contribution in [0.2, 0.25) is 0 Å². The van der Waals surface area contributed by atoms with Crippen LogP contribution >= 0.6 is 0 Å². The topological polar surface area (TPSA) is 66.8 Å². The van der Waals surface area contributed by atoms with Crippen LogP contribution < -0.4 is 0 Å². The Morgan fingerprint density at radius 1 is 1.24 bits per heavy atom. The zero-order chi connectivity index (χ0) is 12.8. The lowest BCUT2D eigenvalue weighted by Gasteiger charge is -2.28. The second kappa shape index (κ2) is 6.59. The van der Waals surface area contributed by atoms with Crippen molar-refractivity contribution in [1.29, 1.82) is 0 Å². The van der Waals surface area contributed by atoms with Crippen LogP contribution in [0, 0.1) is 11.8 Å². The molecule has 5 heteroatoms. The van der Waals surface area contributed by atoms with Gasteiger partial charge in [-0.2, -0.15) is 0 Å². The molecule has 17 heavy (non-hydrogen) atoms. The molecule has 0 aliphatic heterocycles. The lowest BCUT2D eigenvalue weighted by Crippen LogP contribution is -2.36. The van der Waals surface area contributed by atoms with E-state index in [1.807, 2.05) is 6.92 Å². The van der Waals surface area contributed by atoms with Crippen LogP contribution in [-0.4, -0.2) is 35.8 Å². The van der Waals surface area contributed by atoms with Crippen molar-refractivity contribution in [1.82, 2.24) is 5.06 Å². The van der Waals surface area contributed by atoms with E-state index in [1.165, 1.54) is 7.11 Å². The number of methoxy groups -OCH3 is 1. The first-order valence-corrected chi connectivity index (χ1v) is 6.18. The van der Waals surface area contributed by atoms with Gasteiger partial charge in [-0.15, -0.1) is 0 Å². The zero-order valence-electron chi connectivity index (χ0n) is 10.5. The van der Waals surface area contributed by atoms with Crippen LogP contribution in [0.15, 0.2) is 0 Å². The highest BCUT2D eigenvalue weighted by atomic mass is 16.5. The van der Waals surface area contributed by atoms with Gasteiger partial charge in [-0.25, -0.2) is 5.06 Å². The fraction of sp³-hybridized carbons (Fsp3) is 0.833. The molecule has 0 radical (unpaired) electrons.